The van der Waals surface area contributed by atoms with Gasteiger partial charge in [-0.1, -0.05) is 30.8 Å². The number of nitrogens with zero attached hydrogens (tertiary/aromatic N) is 2. The summed E-state index contributed by atoms with van der Waals surface area (Å²) in [4.78, 5) is 29.5. The summed E-state index contributed by atoms with van der Waals surface area (Å²) in [5.74, 6) is -0.757. The van der Waals surface area contributed by atoms with Crippen LogP contribution in [0.25, 0.3) is 16.5 Å². The Labute approximate surface area is 155 Å². The number of fused-ring (bicyclic) bond motifs is 1. The van der Waals surface area contributed by atoms with Crippen LogP contribution in [-0.4, -0.2) is 21.2 Å². The summed E-state index contributed by atoms with van der Waals surface area (Å²) in [5.41, 5.74) is -1.61. The van der Waals surface area contributed by atoms with Gasteiger partial charge >= 0.3 is 6.09 Å². The van der Waals surface area contributed by atoms with Crippen LogP contribution in [0.15, 0.2) is 54.3 Å². The van der Waals surface area contributed by atoms with Crippen LogP contribution in [0.1, 0.15) is 26.3 Å². The van der Waals surface area contributed by atoms with Gasteiger partial charge in [-0.25, -0.2) is 18.7 Å². The SMILES string of the molecule is C=C/C(F)=C(\C=C)c1cc2c(Cl)nccc2n(C(=O)OC(C)(C)C)c1=O. The molecule has 7 heteroatoms. The minimum atomic E-state index is -0.904. The van der Waals surface area contributed by atoms with Gasteiger partial charge in [0.05, 0.1) is 11.1 Å². The second kappa shape index (κ2) is 7.25. The van der Waals surface area contributed by atoms with Crippen molar-refractivity contribution in [2.24, 2.45) is 0 Å². The molecule has 5 nitrogen and oxygen atoms in total. The van der Waals surface area contributed by atoms with E-state index in [-0.39, 0.29) is 21.8 Å². The third-order valence-electron chi connectivity index (χ3n) is 3.39. The molecule has 0 aliphatic rings. The second-order valence-electron chi connectivity index (χ2n) is 6.38. The lowest BCUT2D eigenvalue weighted by Crippen LogP contribution is -2.35. The van der Waals surface area contributed by atoms with Gasteiger partial charge in [0.1, 0.15) is 16.6 Å². The van der Waals surface area contributed by atoms with Crippen molar-refractivity contribution in [3.05, 3.63) is 70.5 Å². The van der Waals surface area contributed by atoms with E-state index >= 15 is 0 Å². The van der Waals surface area contributed by atoms with Crippen molar-refractivity contribution in [2.45, 2.75) is 26.4 Å². The number of carbonyl (C=O) groups excluding carboxylic acids is 1. The van der Waals surface area contributed by atoms with Crippen molar-refractivity contribution >= 4 is 34.2 Å². The molecule has 0 bridgehead atoms. The molecule has 0 saturated heterocycles. The smallest absolute Gasteiger partial charge is 0.422 e. The number of allylic oxidation sites excluding steroid dienone is 4. The number of ether oxygens (including phenoxy) is 1. The van der Waals surface area contributed by atoms with Crippen molar-refractivity contribution in [2.75, 3.05) is 0 Å². The highest BCUT2D eigenvalue weighted by atomic mass is 35.5. The van der Waals surface area contributed by atoms with Gasteiger partial charge in [0.25, 0.3) is 5.56 Å². The van der Waals surface area contributed by atoms with Crippen LogP contribution in [0.4, 0.5) is 9.18 Å². The quantitative estimate of drug-likeness (QED) is 0.565. The number of hydrogen-bond donors (Lipinski definition) is 0. The lowest BCUT2D eigenvalue weighted by atomic mass is 10.0. The van der Waals surface area contributed by atoms with E-state index in [9.17, 15) is 14.0 Å². The average molecular weight is 377 g/mol. The van der Waals surface area contributed by atoms with Crippen LogP contribution in [-0.2, 0) is 4.74 Å². The molecule has 0 spiro atoms. The van der Waals surface area contributed by atoms with Crippen LogP contribution in [0.3, 0.4) is 0 Å². The molecule has 2 rings (SSSR count). The lowest BCUT2D eigenvalue weighted by molar-refractivity contribution is 0.0538. The molecule has 0 N–H and O–H groups in total. The van der Waals surface area contributed by atoms with Crippen molar-refractivity contribution in [3.63, 3.8) is 0 Å². The fourth-order valence-corrected chi connectivity index (χ4v) is 2.54. The first-order valence-corrected chi connectivity index (χ1v) is 8.07. The van der Waals surface area contributed by atoms with Crippen LogP contribution in [0.5, 0.6) is 0 Å². The number of rotatable bonds is 3. The molecule has 2 aromatic heterocycles. The Hall–Kier alpha value is -2.73. The maximum absolute atomic E-state index is 14.1. The highest BCUT2D eigenvalue weighted by Gasteiger charge is 2.24. The van der Waals surface area contributed by atoms with Gasteiger partial charge in [0.2, 0.25) is 0 Å². The van der Waals surface area contributed by atoms with Gasteiger partial charge in [-0.05, 0) is 39.0 Å². The summed E-state index contributed by atoms with van der Waals surface area (Å²) in [6.07, 6.45) is 2.57. The van der Waals surface area contributed by atoms with E-state index in [1.54, 1.807) is 20.8 Å². The molecule has 26 heavy (non-hydrogen) atoms. The fourth-order valence-electron chi connectivity index (χ4n) is 2.33. The van der Waals surface area contributed by atoms with E-state index in [4.69, 9.17) is 16.3 Å². The summed E-state index contributed by atoms with van der Waals surface area (Å²) in [5, 5.41) is 0.356. The van der Waals surface area contributed by atoms with Crippen molar-refractivity contribution < 1.29 is 13.9 Å². The molecule has 0 unspecified atom stereocenters. The number of halogens is 2. The number of pyridine rings is 2. The Bertz CT molecular complexity index is 1000. The van der Waals surface area contributed by atoms with E-state index in [0.717, 1.165) is 10.6 Å². The molecular weight excluding hydrogens is 359 g/mol. The van der Waals surface area contributed by atoms with Crippen LogP contribution in [0.2, 0.25) is 5.15 Å². The maximum Gasteiger partial charge on any atom is 0.422 e. The summed E-state index contributed by atoms with van der Waals surface area (Å²) in [7, 11) is 0. The topological polar surface area (TPSA) is 61.2 Å². The zero-order valence-electron chi connectivity index (χ0n) is 14.7. The van der Waals surface area contributed by atoms with Gasteiger partial charge < -0.3 is 4.74 Å². The molecular formula is C19H18ClFN2O3. The van der Waals surface area contributed by atoms with Gasteiger partial charge in [-0.2, -0.15) is 0 Å². The maximum atomic E-state index is 14.1. The molecule has 136 valence electrons. The normalized spacial score (nSPS) is 12.5. The van der Waals surface area contributed by atoms with E-state index in [2.05, 4.69) is 18.1 Å². The molecule has 0 aliphatic carbocycles. The minimum absolute atomic E-state index is 0.0588. The fraction of sp³-hybridized carbons (Fsp3) is 0.211. The van der Waals surface area contributed by atoms with Crippen molar-refractivity contribution in [1.29, 1.82) is 0 Å². The number of aromatic nitrogens is 2. The van der Waals surface area contributed by atoms with E-state index < -0.39 is 23.1 Å². The summed E-state index contributed by atoms with van der Waals surface area (Å²) < 4.78 is 20.3. The first-order chi connectivity index (χ1) is 12.1. The van der Waals surface area contributed by atoms with Gasteiger partial charge in [-0.3, -0.25) is 4.79 Å². The number of carbonyl (C=O) groups is 1. The number of hydrogen-bond acceptors (Lipinski definition) is 4. The minimum Gasteiger partial charge on any atom is -0.443 e. The Kier molecular flexibility index (Phi) is 5.47. The van der Waals surface area contributed by atoms with E-state index in [1.807, 2.05) is 0 Å². The molecule has 2 heterocycles. The molecule has 0 aromatic carbocycles. The zero-order valence-corrected chi connectivity index (χ0v) is 15.4. The lowest BCUT2D eigenvalue weighted by Gasteiger charge is -2.21. The summed E-state index contributed by atoms with van der Waals surface area (Å²) >= 11 is 6.12. The first-order valence-electron chi connectivity index (χ1n) is 7.69. The standard InChI is InChI=1S/C19H18ClFN2O3/c1-6-11(14(21)7-2)12-10-13-15(8-9-22-16(13)20)23(17(12)24)18(25)26-19(3,4)5/h6-10H,1-2H2,3-5H3/b14-11-. The Morgan fingerprint density at radius 1 is 1.35 bits per heavy atom. The highest BCUT2D eigenvalue weighted by molar-refractivity contribution is 6.34. The van der Waals surface area contributed by atoms with E-state index in [1.165, 1.54) is 24.4 Å². The Balaban J connectivity index is 2.95. The molecule has 0 radical (unpaired) electrons. The molecule has 0 atom stereocenters. The highest BCUT2D eigenvalue weighted by Crippen LogP contribution is 2.26. The van der Waals surface area contributed by atoms with Gasteiger partial charge in [-0.15, -0.1) is 0 Å². The largest absolute Gasteiger partial charge is 0.443 e. The molecule has 0 saturated carbocycles. The molecule has 0 fully saturated rings. The van der Waals surface area contributed by atoms with Crippen molar-refractivity contribution in [1.82, 2.24) is 9.55 Å². The third kappa shape index (κ3) is 3.75. The molecule has 0 aliphatic heterocycles. The zero-order chi connectivity index (χ0) is 19.6. The summed E-state index contributed by atoms with van der Waals surface area (Å²) in [6.45, 7) is 11.9. The molecule has 2 aromatic rings. The van der Waals surface area contributed by atoms with Crippen LogP contribution >= 0.6 is 11.6 Å². The van der Waals surface area contributed by atoms with Gasteiger partial charge in [0.15, 0.2) is 0 Å². The van der Waals surface area contributed by atoms with Gasteiger partial charge in [0, 0.05) is 17.2 Å². The third-order valence-corrected chi connectivity index (χ3v) is 3.69. The predicted octanol–water partition coefficient (Wildman–Crippen LogP) is 4.89. The van der Waals surface area contributed by atoms with Crippen LogP contribution < -0.4 is 5.56 Å². The predicted molar refractivity (Wildman–Crippen MR) is 101 cm³/mol. The molecule has 0 amide bonds. The van der Waals surface area contributed by atoms with Crippen LogP contribution in [0, 0.1) is 0 Å². The van der Waals surface area contributed by atoms with Crippen molar-refractivity contribution in [3.8, 4) is 0 Å². The first kappa shape index (κ1) is 19.6. The summed E-state index contributed by atoms with van der Waals surface area (Å²) in [6, 6.07) is 2.82. The second-order valence-corrected chi connectivity index (χ2v) is 6.74. The Morgan fingerprint density at radius 2 is 2.00 bits per heavy atom. The monoisotopic (exact) mass is 376 g/mol. The average Bonchev–Trinajstić information content (AvgIpc) is 2.54. The Morgan fingerprint density at radius 3 is 2.54 bits per heavy atom. The van der Waals surface area contributed by atoms with E-state index in [0.29, 0.717) is 5.39 Å².